The molecule has 10 heteroatoms. The maximum Gasteiger partial charge on any atom is 0.416 e. The molecule has 2 fully saturated rings. The standard InChI is InChI=1S/C32H32F3N3O4/c1-21-10-12-24(13-11-21)29(40)37-16-14-31(15-17-37)38(30(41)26-9-4-3-6-22(26)2)27(20-42-31)28(39)36-19-23-7-5-8-25(18-23)32(33,34)35/h3-13,18,27H,14-17,19-20H2,1-2H3,(H,36,39). The van der Waals surface area contributed by atoms with E-state index in [-0.39, 0.29) is 30.5 Å². The number of rotatable bonds is 5. The number of hydrogen-bond acceptors (Lipinski definition) is 4. The SMILES string of the molecule is Cc1ccc(C(=O)N2CCC3(CC2)OCC(C(=O)NCc2cccc(C(F)(F)F)c2)N3C(=O)c2ccccc2C)cc1. The molecule has 0 aromatic heterocycles. The third kappa shape index (κ3) is 5.90. The van der Waals surface area contributed by atoms with E-state index in [4.69, 9.17) is 4.74 Å². The lowest BCUT2D eigenvalue weighted by molar-refractivity contribution is -0.137. The summed E-state index contributed by atoms with van der Waals surface area (Å²) < 4.78 is 45.7. The molecule has 2 aliphatic rings. The molecule has 220 valence electrons. The number of alkyl halides is 3. The second-order valence-electron chi connectivity index (χ2n) is 10.8. The number of carbonyl (C=O) groups is 3. The molecule has 2 heterocycles. The van der Waals surface area contributed by atoms with Crippen LogP contribution in [0.5, 0.6) is 0 Å². The van der Waals surface area contributed by atoms with Crippen molar-refractivity contribution in [3.63, 3.8) is 0 Å². The molecule has 1 unspecified atom stereocenters. The van der Waals surface area contributed by atoms with Crippen LogP contribution in [0.1, 0.15) is 55.8 Å². The van der Waals surface area contributed by atoms with Gasteiger partial charge in [-0.05, 0) is 55.3 Å². The summed E-state index contributed by atoms with van der Waals surface area (Å²) in [4.78, 5) is 43.8. The summed E-state index contributed by atoms with van der Waals surface area (Å²) in [5.41, 5.74) is 1.15. The van der Waals surface area contributed by atoms with Gasteiger partial charge in [-0.25, -0.2) is 0 Å². The molecule has 0 saturated carbocycles. The van der Waals surface area contributed by atoms with Crippen LogP contribution in [0, 0.1) is 13.8 Å². The summed E-state index contributed by atoms with van der Waals surface area (Å²) >= 11 is 0. The van der Waals surface area contributed by atoms with Crippen molar-refractivity contribution < 1.29 is 32.3 Å². The first-order chi connectivity index (χ1) is 20.0. The Hall–Kier alpha value is -4.18. The van der Waals surface area contributed by atoms with Crippen LogP contribution in [-0.4, -0.2) is 59.0 Å². The van der Waals surface area contributed by atoms with E-state index in [2.05, 4.69) is 5.32 Å². The first-order valence-corrected chi connectivity index (χ1v) is 13.8. The maximum atomic E-state index is 14.0. The molecule has 5 rings (SSSR count). The number of piperidine rings is 1. The van der Waals surface area contributed by atoms with Gasteiger partial charge in [0, 0.05) is 43.6 Å². The van der Waals surface area contributed by atoms with E-state index in [9.17, 15) is 27.6 Å². The van der Waals surface area contributed by atoms with Crippen molar-refractivity contribution in [2.24, 2.45) is 0 Å². The molecule has 0 bridgehead atoms. The highest BCUT2D eigenvalue weighted by Crippen LogP contribution is 2.39. The lowest BCUT2D eigenvalue weighted by Crippen LogP contribution is -2.59. The van der Waals surface area contributed by atoms with Gasteiger partial charge < -0.3 is 15.0 Å². The second-order valence-corrected chi connectivity index (χ2v) is 10.8. The molecule has 3 aromatic carbocycles. The van der Waals surface area contributed by atoms with Crippen molar-refractivity contribution in [3.05, 3.63) is 106 Å². The number of carbonyl (C=O) groups excluding carboxylic acids is 3. The predicted octanol–water partition coefficient (Wildman–Crippen LogP) is 5.11. The minimum absolute atomic E-state index is 0.0715. The molecule has 0 aliphatic carbocycles. The molecule has 7 nitrogen and oxygen atoms in total. The number of nitrogens with one attached hydrogen (secondary N) is 1. The zero-order chi connectivity index (χ0) is 30.1. The molecule has 3 aromatic rings. The van der Waals surface area contributed by atoms with Crippen molar-refractivity contribution in [1.29, 1.82) is 0 Å². The number of ether oxygens (including phenoxy) is 1. The maximum absolute atomic E-state index is 14.0. The second kappa shape index (κ2) is 11.6. The number of hydrogen-bond donors (Lipinski definition) is 1. The monoisotopic (exact) mass is 579 g/mol. The quantitative estimate of drug-likeness (QED) is 0.456. The van der Waals surface area contributed by atoms with Crippen molar-refractivity contribution in [2.45, 2.75) is 51.2 Å². The normalized spacial score (nSPS) is 18.3. The van der Waals surface area contributed by atoms with Crippen molar-refractivity contribution in [1.82, 2.24) is 15.1 Å². The van der Waals surface area contributed by atoms with Gasteiger partial charge in [0.1, 0.15) is 11.8 Å². The van der Waals surface area contributed by atoms with Crippen LogP contribution in [0.4, 0.5) is 13.2 Å². The van der Waals surface area contributed by atoms with Crippen LogP contribution in [0.25, 0.3) is 0 Å². The van der Waals surface area contributed by atoms with Crippen LogP contribution < -0.4 is 5.32 Å². The van der Waals surface area contributed by atoms with Gasteiger partial charge in [0.15, 0.2) is 0 Å². The molecule has 2 saturated heterocycles. The number of likely N-dealkylation sites (tertiary alicyclic amines) is 1. The Morgan fingerprint density at radius 2 is 1.62 bits per heavy atom. The molecular weight excluding hydrogens is 547 g/mol. The van der Waals surface area contributed by atoms with E-state index in [0.717, 1.165) is 23.3 Å². The van der Waals surface area contributed by atoms with E-state index in [1.165, 1.54) is 17.0 Å². The summed E-state index contributed by atoms with van der Waals surface area (Å²) in [6.45, 7) is 4.19. The Morgan fingerprint density at radius 3 is 2.29 bits per heavy atom. The third-order valence-electron chi connectivity index (χ3n) is 8.01. The first-order valence-electron chi connectivity index (χ1n) is 13.8. The van der Waals surface area contributed by atoms with Crippen LogP contribution in [0.15, 0.2) is 72.8 Å². The summed E-state index contributed by atoms with van der Waals surface area (Å²) in [5, 5.41) is 2.70. The van der Waals surface area contributed by atoms with Gasteiger partial charge in [-0.15, -0.1) is 0 Å². The Bertz CT molecular complexity index is 1480. The van der Waals surface area contributed by atoms with E-state index in [1.807, 2.05) is 38.1 Å². The number of benzene rings is 3. The molecule has 1 N–H and O–H groups in total. The molecule has 42 heavy (non-hydrogen) atoms. The van der Waals surface area contributed by atoms with Crippen LogP contribution in [0.2, 0.25) is 0 Å². The Balaban J connectivity index is 1.36. The minimum Gasteiger partial charge on any atom is -0.353 e. The fourth-order valence-electron chi connectivity index (χ4n) is 5.61. The Kier molecular flexibility index (Phi) is 8.10. The number of nitrogens with zero attached hydrogens (tertiary/aromatic N) is 2. The zero-order valence-corrected chi connectivity index (χ0v) is 23.4. The summed E-state index contributed by atoms with van der Waals surface area (Å²) in [5.74, 6) is -1.01. The number of amides is 3. The largest absolute Gasteiger partial charge is 0.416 e. The van der Waals surface area contributed by atoms with Gasteiger partial charge >= 0.3 is 6.18 Å². The van der Waals surface area contributed by atoms with Crippen molar-refractivity contribution in [3.8, 4) is 0 Å². The lowest BCUT2D eigenvalue weighted by atomic mass is 9.95. The van der Waals surface area contributed by atoms with E-state index < -0.39 is 29.4 Å². The van der Waals surface area contributed by atoms with Gasteiger partial charge in [0.25, 0.3) is 11.8 Å². The number of aryl methyl sites for hydroxylation is 2. The van der Waals surface area contributed by atoms with E-state index in [1.54, 1.807) is 29.2 Å². The fraction of sp³-hybridized carbons (Fsp3) is 0.344. The van der Waals surface area contributed by atoms with Gasteiger partial charge in [0.05, 0.1) is 12.2 Å². The average Bonchev–Trinajstić information content (AvgIpc) is 3.34. The fourth-order valence-corrected chi connectivity index (χ4v) is 5.61. The summed E-state index contributed by atoms with van der Waals surface area (Å²) in [6.07, 6.45) is -3.89. The highest BCUT2D eigenvalue weighted by atomic mass is 19.4. The van der Waals surface area contributed by atoms with Crippen LogP contribution in [-0.2, 0) is 22.3 Å². The topological polar surface area (TPSA) is 79.0 Å². The minimum atomic E-state index is -4.50. The van der Waals surface area contributed by atoms with Gasteiger partial charge in [-0.1, -0.05) is 48.0 Å². The highest BCUT2D eigenvalue weighted by molar-refractivity contribution is 5.99. The smallest absolute Gasteiger partial charge is 0.353 e. The predicted molar refractivity (Wildman–Crippen MR) is 149 cm³/mol. The van der Waals surface area contributed by atoms with Crippen LogP contribution >= 0.6 is 0 Å². The highest BCUT2D eigenvalue weighted by Gasteiger charge is 2.54. The Labute approximate surface area is 242 Å². The van der Waals surface area contributed by atoms with Gasteiger partial charge in [0.2, 0.25) is 5.91 Å². The Morgan fingerprint density at radius 1 is 0.929 bits per heavy atom. The summed E-state index contributed by atoms with van der Waals surface area (Å²) in [6, 6.07) is 18.1. The molecule has 1 atom stereocenters. The van der Waals surface area contributed by atoms with E-state index in [0.29, 0.717) is 37.1 Å². The average molecular weight is 580 g/mol. The molecule has 2 aliphatic heterocycles. The van der Waals surface area contributed by atoms with E-state index >= 15 is 0 Å². The van der Waals surface area contributed by atoms with Crippen molar-refractivity contribution >= 4 is 17.7 Å². The molecule has 1 spiro atoms. The van der Waals surface area contributed by atoms with Gasteiger partial charge in [-0.2, -0.15) is 13.2 Å². The lowest BCUT2D eigenvalue weighted by Gasteiger charge is -2.44. The number of halogens is 3. The first kappa shape index (κ1) is 29.3. The molecule has 0 radical (unpaired) electrons. The third-order valence-corrected chi connectivity index (χ3v) is 8.01. The molecule has 3 amide bonds. The molecular formula is C32H32F3N3O4. The summed E-state index contributed by atoms with van der Waals surface area (Å²) in [7, 11) is 0. The zero-order valence-electron chi connectivity index (χ0n) is 23.4. The van der Waals surface area contributed by atoms with Crippen molar-refractivity contribution in [2.75, 3.05) is 19.7 Å². The van der Waals surface area contributed by atoms with Gasteiger partial charge in [-0.3, -0.25) is 19.3 Å². The van der Waals surface area contributed by atoms with Crippen LogP contribution in [0.3, 0.4) is 0 Å².